The fourth-order valence-electron chi connectivity index (χ4n) is 3.24. The molecule has 7 heteroatoms. The Bertz CT molecular complexity index is 1060. The molecule has 0 spiro atoms. The summed E-state index contributed by atoms with van der Waals surface area (Å²) in [6.45, 7) is 1.86. The topological polar surface area (TPSA) is 92.8 Å². The van der Waals surface area contributed by atoms with Gasteiger partial charge < -0.3 is 19.8 Å². The number of para-hydroxylation sites is 1. The first kappa shape index (κ1) is 18.7. The molecule has 2 heterocycles. The number of H-pyrrole nitrogens is 1. The Balaban J connectivity index is 1.35. The fraction of sp³-hybridized carbons (Fsp3) is 0.227. The second-order valence-corrected chi connectivity index (χ2v) is 6.90. The fourth-order valence-corrected chi connectivity index (χ4v) is 3.24. The SMILES string of the molecule is CC(NC(=O)OCc1ccccc1)C1=NC(Cc2c[nH]c3ccccc23)C(=O)O1. The molecule has 0 bridgehead atoms. The zero-order valence-corrected chi connectivity index (χ0v) is 15.9. The number of fused-ring (bicyclic) bond motifs is 1. The Morgan fingerprint density at radius 3 is 2.79 bits per heavy atom. The number of ether oxygens (including phenoxy) is 2. The molecule has 0 saturated heterocycles. The number of nitrogens with one attached hydrogen (secondary N) is 2. The number of cyclic esters (lactones) is 1. The van der Waals surface area contributed by atoms with Gasteiger partial charge in [0.2, 0.25) is 5.90 Å². The molecule has 2 N–H and O–H groups in total. The minimum atomic E-state index is -0.631. The number of benzene rings is 2. The smallest absolute Gasteiger partial charge is 0.408 e. The van der Waals surface area contributed by atoms with Gasteiger partial charge in [-0.2, -0.15) is 0 Å². The van der Waals surface area contributed by atoms with E-state index in [1.54, 1.807) is 6.92 Å². The summed E-state index contributed by atoms with van der Waals surface area (Å²) in [5.41, 5.74) is 2.89. The van der Waals surface area contributed by atoms with Crippen molar-refractivity contribution < 1.29 is 19.1 Å². The van der Waals surface area contributed by atoms with Crippen LogP contribution in [0.5, 0.6) is 0 Å². The van der Waals surface area contributed by atoms with Crippen molar-refractivity contribution in [3.8, 4) is 0 Å². The highest BCUT2D eigenvalue weighted by Gasteiger charge is 2.33. The van der Waals surface area contributed by atoms with Gasteiger partial charge >= 0.3 is 12.1 Å². The molecular weight excluding hydrogens is 370 g/mol. The van der Waals surface area contributed by atoms with Crippen molar-refractivity contribution in [1.29, 1.82) is 0 Å². The third-order valence-electron chi connectivity index (χ3n) is 4.77. The predicted octanol–water partition coefficient (Wildman–Crippen LogP) is 3.35. The third-order valence-corrected chi connectivity index (χ3v) is 4.77. The lowest BCUT2D eigenvalue weighted by molar-refractivity contribution is -0.135. The molecule has 29 heavy (non-hydrogen) atoms. The molecule has 7 nitrogen and oxygen atoms in total. The number of amides is 1. The van der Waals surface area contributed by atoms with E-state index >= 15 is 0 Å². The Labute approximate surface area is 167 Å². The molecule has 4 rings (SSSR count). The zero-order chi connectivity index (χ0) is 20.2. The van der Waals surface area contributed by atoms with E-state index in [0.29, 0.717) is 6.42 Å². The number of hydrogen-bond acceptors (Lipinski definition) is 5. The summed E-state index contributed by atoms with van der Waals surface area (Å²) in [6.07, 6.45) is 1.71. The summed E-state index contributed by atoms with van der Waals surface area (Å²) >= 11 is 0. The maximum absolute atomic E-state index is 12.3. The van der Waals surface area contributed by atoms with Gasteiger partial charge in [-0.25, -0.2) is 14.6 Å². The molecule has 0 saturated carbocycles. The number of nitrogens with zero attached hydrogens (tertiary/aromatic N) is 1. The molecule has 2 aromatic carbocycles. The van der Waals surface area contributed by atoms with Gasteiger partial charge in [-0.1, -0.05) is 48.5 Å². The number of carbonyl (C=O) groups is 2. The van der Waals surface area contributed by atoms with Crippen LogP contribution in [0.2, 0.25) is 0 Å². The lowest BCUT2D eigenvalue weighted by atomic mass is 10.1. The second-order valence-electron chi connectivity index (χ2n) is 6.90. The van der Waals surface area contributed by atoms with Crippen LogP contribution < -0.4 is 5.32 Å². The summed E-state index contributed by atoms with van der Waals surface area (Å²) in [5, 5.41) is 3.70. The molecule has 1 aromatic heterocycles. The second kappa shape index (κ2) is 8.18. The lowest BCUT2D eigenvalue weighted by Crippen LogP contribution is -2.39. The van der Waals surface area contributed by atoms with Gasteiger partial charge in [-0.3, -0.25) is 0 Å². The van der Waals surface area contributed by atoms with Crippen molar-refractivity contribution in [3.63, 3.8) is 0 Å². The number of esters is 1. The van der Waals surface area contributed by atoms with Gasteiger partial charge in [0.15, 0.2) is 6.04 Å². The van der Waals surface area contributed by atoms with Crippen molar-refractivity contribution in [1.82, 2.24) is 10.3 Å². The molecule has 3 aromatic rings. The van der Waals surface area contributed by atoms with E-state index in [-0.39, 0.29) is 12.5 Å². The van der Waals surface area contributed by atoms with E-state index in [1.807, 2.05) is 60.8 Å². The van der Waals surface area contributed by atoms with Crippen LogP contribution in [0.25, 0.3) is 10.9 Å². The summed E-state index contributed by atoms with van der Waals surface area (Å²) in [7, 11) is 0. The first-order valence-electron chi connectivity index (χ1n) is 9.42. The van der Waals surface area contributed by atoms with Gasteiger partial charge in [0.1, 0.15) is 12.6 Å². The summed E-state index contributed by atoms with van der Waals surface area (Å²) < 4.78 is 10.5. The van der Waals surface area contributed by atoms with Crippen LogP contribution in [0.3, 0.4) is 0 Å². The van der Waals surface area contributed by atoms with Crippen LogP contribution in [-0.4, -0.2) is 35.0 Å². The molecule has 2 atom stereocenters. The van der Waals surface area contributed by atoms with E-state index < -0.39 is 24.1 Å². The van der Waals surface area contributed by atoms with Crippen LogP contribution in [0.1, 0.15) is 18.1 Å². The van der Waals surface area contributed by atoms with Crippen LogP contribution in [0.4, 0.5) is 4.79 Å². The molecule has 148 valence electrons. The number of carbonyl (C=O) groups excluding carboxylic acids is 2. The van der Waals surface area contributed by atoms with E-state index in [1.165, 1.54) is 0 Å². The van der Waals surface area contributed by atoms with Crippen LogP contribution >= 0.6 is 0 Å². The van der Waals surface area contributed by atoms with Crippen LogP contribution in [-0.2, 0) is 27.3 Å². The lowest BCUT2D eigenvalue weighted by Gasteiger charge is -2.12. The average Bonchev–Trinajstić information content (AvgIpc) is 3.31. The monoisotopic (exact) mass is 391 g/mol. The Morgan fingerprint density at radius 1 is 1.21 bits per heavy atom. The van der Waals surface area contributed by atoms with E-state index in [9.17, 15) is 9.59 Å². The van der Waals surface area contributed by atoms with E-state index in [2.05, 4.69) is 15.3 Å². The van der Waals surface area contributed by atoms with Gasteiger partial charge in [0, 0.05) is 23.5 Å². The van der Waals surface area contributed by atoms with Gasteiger partial charge in [0.05, 0.1) is 0 Å². The van der Waals surface area contributed by atoms with Crippen molar-refractivity contribution in [2.45, 2.75) is 32.0 Å². The van der Waals surface area contributed by atoms with Gasteiger partial charge in [-0.05, 0) is 24.1 Å². The normalized spacial score (nSPS) is 16.9. The molecule has 0 aliphatic carbocycles. The number of aliphatic imine (C=N–C) groups is 1. The van der Waals surface area contributed by atoms with Crippen LogP contribution in [0, 0.1) is 0 Å². The number of aromatic nitrogens is 1. The summed E-state index contributed by atoms with van der Waals surface area (Å²) in [5.74, 6) is -0.229. The summed E-state index contributed by atoms with van der Waals surface area (Å²) in [4.78, 5) is 31.8. The van der Waals surface area contributed by atoms with Gasteiger partial charge in [-0.15, -0.1) is 0 Å². The molecule has 0 fully saturated rings. The number of hydrogen-bond donors (Lipinski definition) is 2. The number of rotatable bonds is 6. The molecule has 1 aliphatic heterocycles. The quantitative estimate of drug-likeness (QED) is 0.630. The van der Waals surface area contributed by atoms with Crippen molar-refractivity contribution >= 4 is 28.9 Å². The highest BCUT2D eigenvalue weighted by molar-refractivity contribution is 6.00. The highest BCUT2D eigenvalue weighted by atomic mass is 16.6. The molecule has 1 amide bonds. The molecule has 2 unspecified atom stereocenters. The Hall–Kier alpha value is -3.61. The Morgan fingerprint density at radius 2 is 1.97 bits per heavy atom. The molecule has 0 radical (unpaired) electrons. The first-order chi connectivity index (χ1) is 14.1. The van der Waals surface area contributed by atoms with E-state index in [0.717, 1.165) is 22.0 Å². The third kappa shape index (κ3) is 4.29. The Kier molecular flexibility index (Phi) is 5.29. The minimum Gasteiger partial charge on any atom is -0.445 e. The molecular formula is C22H21N3O4. The van der Waals surface area contributed by atoms with E-state index in [4.69, 9.17) is 9.47 Å². The standard InChI is InChI=1S/C22H21N3O4/c1-14(24-22(27)28-13-15-7-3-2-4-8-15)20-25-19(21(26)29-20)11-16-12-23-18-10-6-5-9-17(16)18/h2-10,12,14,19,23H,11,13H2,1H3,(H,24,27). The maximum atomic E-state index is 12.3. The number of alkyl carbamates (subject to hydrolysis) is 1. The van der Waals surface area contributed by atoms with Crippen LogP contribution in [0.15, 0.2) is 65.8 Å². The maximum Gasteiger partial charge on any atom is 0.408 e. The zero-order valence-electron chi connectivity index (χ0n) is 15.9. The molecule has 1 aliphatic rings. The minimum absolute atomic E-state index is 0.162. The van der Waals surface area contributed by atoms with Crippen molar-refractivity contribution in [2.24, 2.45) is 4.99 Å². The largest absolute Gasteiger partial charge is 0.445 e. The summed E-state index contributed by atoms with van der Waals surface area (Å²) in [6, 6.07) is 16.1. The van der Waals surface area contributed by atoms with Crippen molar-refractivity contribution in [2.75, 3.05) is 0 Å². The number of aromatic amines is 1. The predicted molar refractivity (Wildman–Crippen MR) is 109 cm³/mol. The first-order valence-corrected chi connectivity index (χ1v) is 9.42. The highest BCUT2D eigenvalue weighted by Crippen LogP contribution is 2.22. The average molecular weight is 391 g/mol. The van der Waals surface area contributed by atoms with Crippen molar-refractivity contribution in [3.05, 3.63) is 71.9 Å². The van der Waals surface area contributed by atoms with Gasteiger partial charge in [0.25, 0.3) is 0 Å².